The molecule has 100 valence electrons. The molecule has 2 saturated heterocycles. The highest BCUT2D eigenvalue weighted by atomic mass is 35.5. The molecule has 0 unspecified atom stereocenters. The highest BCUT2D eigenvalue weighted by molar-refractivity contribution is 7.98. The van der Waals surface area contributed by atoms with Gasteiger partial charge in [-0.3, -0.25) is 4.79 Å². The third-order valence-electron chi connectivity index (χ3n) is 3.73. The third-order valence-corrected chi connectivity index (χ3v) is 4.43. The van der Waals surface area contributed by atoms with Crippen molar-refractivity contribution in [2.24, 2.45) is 11.8 Å². The quantitative estimate of drug-likeness (QED) is 0.776. The highest BCUT2D eigenvalue weighted by Gasteiger charge is 2.37. The first kappa shape index (κ1) is 15.1. The average molecular weight is 279 g/mol. The van der Waals surface area contributed by atoms with Crippen LogP contribution in [0.15, 0.2) is 0 Å². The number of hydrogen-bond donors (Lipinski definition) is 1. The van der Waals surface area contributed by atoms with Gasteiger partial charge < -0.3 is 10.2 Å². The minimum atomic E-state index is 0. The molecule has 0 aliphatic carbocycles. The summed E-state index contributed by atoms with van der Waals surface area (Å²) in [5, 5.41) is 3.40. The molecule has 0 bridgehead atoms. The number of halogens is 1. The monoisotopic (exact) mass is 278 g/mol. The number of likely N-dealkylation sites (tertiary alicyclic amines) is 1. The van der Waals surface area contributed by atoms with E-state index in [2.05, 4.69) is 16.5 Å². The van der Waals surface area contributed by atoms with Crippen LogP contribution in [0.3, 0.4) is 0 Å². The molecule has 2 fully saturated rings. The fourth-order valence-electron chi connectivity index (χ4n) is 2.74. The Morgan fingerprint density at radius 2 is 1.94 bits per heavy atom. The predicted molar refractivity (Wildman–Crippen MR) is 75.9 cm³/mol. The second-order valence-corrected chi connectivity index (χ2v) is 5.91. The lowest BCUT2D eigenvalue weighted by molar-refractivity contribution is -0.130. The number of fused-ring (bicyclic) bond motifs is 1. The van der Waals surface area contributed by atoms with Crippen LogP contribution in [0.25, 0.3) is 0 Å². The highest BCUT2D eigenvalue weighted by Crippen LogP contribution is 2.26. The zero-order chi connectivity index (χ0) is 11.4. The van der Waals surface area contributed by atoms with E-state index in [4.69, 9.17) is 0 Å². The van der Waals surface area contributed by atoms with Crippen molar-refractivity contribution in [3.63, 3.8) is 0 Å². The fourth-order valence-corrected chi connectivity index (χ4v) is 3.23. The van der Waals surface area contributed by atoms with Crippen molar-refractivity contribution < 1.29 is 4.79 Å². The predicted octanol–water partition coefficient (Wildman–Crippen LogP) is 1.62. The van der Waals surface area contributed by atoms with Crippen molar-refractivity contribution in [2.75, 3.05) is 38.2 Å². The van der Waals surface area contributed by atoms with E-state index >= 15 is 0 Å². The summed E-state index contributed by atoms with van der Waals surface area (Å²) in [6.45, 7) is 4.22. The maximum absolute atomic E-state index is 11.9. The number of amides is 1. The zero-order valence-corrected chi connectivity index (χ0v) is 12.1. The molecule has 0 aromatic carbocycles. The number of hydrogen-bond acceptors (Lipinski definition) is 3. The standard InChI is InChI=1S/C12H22N2OS.ClH/c1-16-5-3-2-4-12(15)14-8-10-6-13-7-11(10)9-14;/h10-11,13H,2-9H2,1H3;1H/t10-,11+;. The first-order valence-electron chi connectivity index (χ1n) is 6.28. The SMILES string of the molecule is CSCCCCC(=O)N1C[C@H]2CNC[C@H]2C1.Cl. The van der Waals surface area contributed by atoms with E-state index in [0.717, 1.165) is 50.9 Å². The number of carbonyl (C=O) groups is 1. The van der Waals surface area contributed by atoms with Crippen LogP contribution in [-0.2, 0) is 4.79 Å². The van der Waals surface area contributed by atoms with E-state index in [9.17, 15) is 4.79 Å². The molecule has 2 atom stereocenters. The van der Waals surface area contributed by atoms with Gasteiger partial charge in [-0.15, -0.1) is 12.4 Å². The molecule has 0 radical (unpaired) electrons. The van der Waals surface area contributed by atoms with E-state index in [1.54, 1.807) is 0 Å². The molecule has 0 spiro atoms. The first-order valence-corrected chi connectivity index (χ1v) is 7.68. The van der Waals surface area contributed by atoms with Crippen LogP contribution in [0, 0.1) is 11.8 Å². The molecule has 2 aliphatic heterocycles. The molecule has 0 aromatic heterocycles. The van der Waals surface area contributed by atoms with Crippen LogP contribution in [0.4, 0.5) is 0 Å². The number of nitrogens with zero attached hydrogens (tertiary/aromatic N) is 1. The van der Waals surface area contributed by atoms with Gasteiger partial charge in [0, 0.05) is 32.6 Å². The van der Waals surface area contributed by atoms with Crippen LogP contribution in [0.2, 0.25) is 0 Å². The number of rotatable bonds is 5. The molecule has 2 aliphatic rings. The van der Waals surface area contributed by atoms with E-state index in [1.165, 1.54) is 12.2 Å². The molecule has 0 aromatic rings. The molecule has 0 saturated carbocycles. The van der Waals surface area contributed by atoms with E-state index in [0.29, 0.717) is 5.91 Å². The molecule has 1 amide bonds. The van der Waals surface area contributed by atoms with Crippen LogP contribution in [0.1, 0.15) is 19.3 Å². The Labute approximate surface area is 114 Å². The summed E-state index contributed by atoms with van der Waals surface area (Å²) in [6, 6.07) is 0. The summed E-state index contributed by atoms with van der Waals surface area (Å²) < 4.78 is 0. The molecular formula is C12H23ClN2OS. The molecule has 2 rings (SSSR count). The van der Waals surface area contributed by atoms with Crippen LogP contribution in [0.5, 0.6) is 0 Å². The second kappa shape index (κ2) is 7.49. The summed E-state index contributed by atoms with van der Waals surface area (Å²) >= 11 is 1.87. The minimum absolute atomic E-state index is 0. The average Bonchev–Trinajstić information content (AvgIpc) is 2.83. The summed E-state index contributed by atoms with van der Waals surface area (Å²) in [6.07, 6.45) is 5.11. The lowest BCUT2D eigenvalue weighted by Gasteiger charge is -2.17. The molecular weight excluding hydrogens is 256 g/mol. The van der Waals surface area contributed by atoms with Crippen molar-refractivity contribution in [3.8, 4) is 0 Å². The van der Waals surface area contributed by atoms with Crippen molar-refractivity contribution in [1.82, 2.24) is 10.2 Å². The van der Waals surface area contributed by atoms with Crippen LogP contribution < -0.4 is 5.32 Å². The lowest BCUT2D eigenvalue weighted by atomic mass is 10.0. The van der Waals surface area contributed by atoms with Crippen molar-refractivity contribution in [3.05, 3.63) is 0 Å². The third kappa shape index (κ3) is 4.04. The van der Waals surface area contributed by atoms with Gasteiger partial charge in [0.05, 0.1) is 0 Å². The maximum Gasteiger partial charge on any atom is 0.222 e. The minimum Gasteiger partial charge on any atom is -0.342 e. The van der Waals surface area contributed by atoms with Crippen LogP contribution in [-0.4, -0.2) is 49.0 Å². The Balaban J connectivity index is 0.00000144. The van der Waals surface area contributed by atoms with Gasteiger partial charge in [-0.2, -0.15) is 11.8 Å². The van der Waals surface area contributed by atoms with Crippen molar-refractivity contribution in [2.45, 2.75) is 19.3 Å². The molecule has 17 heavy (non-hydrogen) atoms. The lowest BCUT2D eigenvalue weighted by Crippen LogP contribution is -2.31. The first-order chi connectivity index (χ1) is 7.81. The van der Waals surface area contributed by atoms with Crippen LogP contribution >= 0.6 is 24.2 Å². The van der Waals surface area contributed by atoms with E-state index in [-0.39, 0.29) is 12.4 Å². The summed E-state index contributed by atoms with van der Waals surface area (Å²) in [7, 11) is 0. The number of carbonyl (C=O) groups excluding carboxylic acids is 1. The van der Waals surface area contributed by atoms with Gasteiger partial charge >= 0.3 is 0 Å². The van der Waals surface area contributed by atoms with Crippen molar-refractivity contribution in [1.29, 1.82) is 0 Å². The Kier molecular flexibility index (Phi) is 6.67. The zero-order valence-electron chi connectivity index (χ0n) is 10.5. The van der Waals surface area contributed by atoms with Gasteiger partial charge in [0.2, 0.25) is 5.91 Å². The molecule has 3 nitrogen and oxygen atoms in total. The Bertz CT molecular complexity index is 241. The van der Waals surface area contributed by atoms with E-state index in [1.807, 2.05) is 11.8 Å². The molecule has 5 heteroatoms. The van der Waals surface area contributed by atoms with Gasteiger partial charge in [-0.25, -0.2) is 0 Å². The Morgan fingerprint density at radius 3 is 2.53 bits per heavy atom. The van der Waals surface area contributed by atoms with Crippen molar-refractivity contribution >= 4 is 30.1 Å². The summed E-state index contributed by atoms with van der Waals surface area (Å²) in [5.74, 6) is 3.03. The topological polar surface area (TPSA) is 32.3 Å². The second-order valence-electron chi connectivity index (χ2n) is 4.93. The van der Waals surface area contributed by atoms with E-state index < -0.39 is 0 Å². The fraction of sp³-hybridized carbons (Fsp3) is 0.917. The Morgan fingerprint density at radius 1 is 1.29 bits per heavy atom. The number of nitrogens with one attached hydrogen (secondary N) is 1. The number of unbranched alkanes of at least 4 members (excludes halogenated alkanes) is 1. The summed E-state index contributed by atoms with van der Waals surface area (Å²) in [4.78, 5) is 14.0. The van der Waals surface area contributed by atoms with Gasteiger partial charge in [-0.1, -0.05) is 0 Å². The summed E-state index contributed by atoms with van der Waals surface area (Å²) in [5.41, 5.74) is 0. The van der Waals surface area contributed by atoms with Gasteiger partial charge in [0.1, 0.15) is 0 Å². The van der Waals surface area contributed by atoms with Gasteiger partial charge in [-0.05, 0) is 36.7 Å². The van der Waals surface area contributed by atoms with Gasteiger partial charge in [0.15, 0.2) is 0 Å². The maximum atomic E-state index is 11.9. The smallest absolute Gasteiger partial charge is 0.222 e. The molecule has 2 heterocycles. The number of thioether (sulfide) groups is 1. The largest absolute Gasteiger partial charge is 0.342 e. The normalized spacial score (nSPS) is 26.8. The molecule has 1 N–H and O–H groups in total. The Hall–Kier alpha value is 0.0700. The van der Waals surface area contributed by atoms with Gasteiger partial charge in [0.25, 0.3) is 0 Å².